The van der Waals surface area contributed by atoms with Crippen molar-refractivity contribution < 1.29 is 9.53 Å². The summed E-state index contributed by atoms with van der Waals surface area (Å²) >= 11 is 0. The molecule has 1 aromatic rings. The molecule has 0 bridgehead atoms. The second kappa shape index (κ2) is 5.88. The minimum absolute atomic E-state index is 0.0731. The standard InChI is InChI=1S/C13H21N5O2/c1-2-3-14-11-8-20-7-10(11)13(19)17-4-5-18-9-15-16-12(18)6-17/h9-11,14H,2-8H2,1H3. The molecule has 0 saturated carbocycles. The van der Waals surface area contributed by atoms with Gasteiger partial charge in [0.25, 0.3) is 0 Å². The first-order chi connectivity index (χ1) is 9.79. The van der Waals surface area contributed by atoms with E-state index in [0.29, 0.717) is 19.8 Å². The number of ether oxygens (including phenoxy) is 1. The number of hydrogen-bond acceptors (Lipinski definition) is 5. The highest BCUT2D eigenvalue weighted by Crippen LogP contribution is 2.19. The van der Waals surface area contributed by atoms with Crippen LogP contribution in [0, 0.1) is 5.92 Å². The Bertz CT molecular complexity index is 475. The summed E-state index contributed by atoms with van der Waals surface area (Å²) in [6, 6.07) is 0.141. The Morgan fingerprint density at radius 2 is 2.40 bits per heavy atom. The van der Waals surface area contributed by atoms with E-state index in [1.54, 1.807) is 6.33 Å². The minimum Gasteiger partial charge on any atom is -0.379 e. The van der Waals surface area contributed by atoms with Gasteiger partial charge in [-0.1, -0.05) is 6.92 Å². The summed E-state index contributed by atoms with van der Waals surface area (Å²) in [5.74, 6) is 0.961. The predicted octanol–water partition coefficient (Wildman–Crippen LogP) is -0.365. The summed E-state index contributed by atoms with van der Waals surface area (Å²) in [5, 5.41) is 11.4. The molecule has 3 heterocycles. The summed E-state index contributed by atoms with van der Waals surface area (Å²) in [5.41, 5.74) is 0. The van der Waals surface area contributed by atoms with Gasteiger partial charge in [-0.15, -0.1) is 10.2 Å². The first-order valence-electron chi connectivity index (χ1n) is 7.26. The first kappa shape index (κ1) is 13.5. The molecule has 2 aliphatic heterocycles. The van der Waals surface area contributed by atoms with Crippen molar-refractivity contribution in [3.8, 4) is 0 Å². The molecule has 1 aromatic heterocycles. The van der Waals surface area contributed by atoms with Gasteiger partial charge in [-0.25, -0.2) is 0 Å². The molecule has 7 heteroatoms. The molecule has 110 valence electrons. The van der Waals surface area contributed by atoms with Crippen molar-refractivity contribution in [2.45, 2.75) is 32.5 Å². The van der Waals surface area contributed by atoms with Crippen LogP contribution in [0.5, 0.6) is 0 Å². The molecule has 1 saturated heterocycles. The average Bonchev–Trinajstić information content (AvgIpc) is 3.12. The quantitative estimate of drug-likeness (QED) is 0.814. The van der Waals surface area contributed by atoms with Gasteiger partial charge < -0.3 is 19.5 Å². The van der Waals surface area contributed by atoms with Crippen LogP contribution in [0.2, 0.25) is 0 Å². The van der Waals surface area contributed by atoms with Crippen LogP contribution in [0.15, 0.2) is 6.33 Å². The van der Waals surface area contributed by atoms with Gasteiger partial charge in [0, 0.05) is 19.1 Å². The Morgan fingerprint density at radius 1 is 1.50 bits per heavy atom. The smallest absolute Gasteiger partial charge is 0.230 e. The van der Waals surface area contributed by atoms with E-state index in [1.807, 2.05) is 9.47 Å². The Labute approximate surface area is 118 Å². The summed E-state index contributed by atoms with van der Waals surface area (Å²) in [6.45, 7) is 6.23. The summed E-state index contributed by atoms with van der Waals surface area (Å²) in [7, 11) is 0. The fourth-order valence-electron chi connectivity index (χ4n) is 2.82. The van der Waals surface area contributed by atoms with E-state index in [2.05, 4.69) is 22.4 Å². The maximum Gasteiger partial charge on any atom is 0.230 e. The predicted molar refractivity (Wildman–Crippen MR) is 71.8 cm³/mol. The zero-order valence-corrected chi connectivity index (χ0v) is 11.8. The van der Waals surface area contributed by atoms with Gasteiger partial charge in [0.05, 0.1) is 25.7 Å². The number of hydrogen-bond donors (Lipinski definition) is 1. The van der Waals surface area contributed by atoms with Gasteiger partial charge in [0.15, 0.2) is 5.82 Å². The molecule has 0 radical (unpaired) electrons. The van der Waals surface area contributed by atoms with Crippen molar-refractivity contribution in [1.29, 1.82) is 0 Å². The number of carbonyl (C=O) groups is 1. The van der Waals surface area contributed by atoms with Crippen LogP contribution in [0.3, 0.4) is 0 Å². The summed E-state index contributed by atoms with van der Waals surface area (Å²) in [6.07, 6.45) is 2.78. The highest BCUT2D eigenvalue weighted by molar-refractivity contribution is 5.80. The van der Waals surface area contributed by atoms with Gasteiger partial charge in [0.2, 0.25) is 5.91 Å². The zero-order chi connectivity index (χ0) is 13.9. The normalized spacial score (nSPS) is 25.8. The highest BCUT2D eigenvalue weighted by atomic mass is 16.5. The highest BCUT2D eigenvalue weighted by Gasteiger charge is 2.37. The maximum atomic E-state index is 12.7. The largest absolute Gasteiger partial charge is 0.379 e. The first-order valence-corrected chi connectivity index (χ1v) is 7.26. The third-order valence-corrected chi connectivity index (χ3v) is 4.00. The van der Waals surface area contributed by atoms with Crippen LogP contribution in [0.4, 0.5) is 0 Å². The van der Waals surface area contributed by atoms with Gasteiger partial charge in [-0.3, -0.25) is 4.79 Å². The molecule has 1 N–H and O–H groups in total. The topological polar surface area (TPSA) is 72.3 Å². The number of rotatable bonds is 4. The Hall–Kier alpha value is -1.47. The molecule has 1 amide bonds. The zero-order valence-electron chi connectivity index (χ0n) is 11.8. The Kier molecular flexibility index (Phi) is 3.98. The van der Waals surface area contributed by atoms with Gasteiger partial charge in [-0.05, 0) is 13.0 Å². The molecule has 7 nitrogen and oxygen atoms in total. The van der Waals surface area contributed by atoms with Crippen molar-refractivity contribution in [3.05, 3.63) is 12.2 Å². The van der Waals surface area contributed by atoms with E-state index >= 15 is 0 Å². The van der Waals surface area contributed by atoms with Gasteiger partial charge >= 0.3 is 0 Å². The second-order valence-corrected chi connectivity index (χ2v) is 5.40. The monoisotopic (exact) mass is 279 g/mol. The molecule has 3 rings (SSSR count). The van der Waals surface area contributed by atoms with E-state index in [0.717, 1.165) is 31.9 Å². The van der Waals surface area contributed by atoms with Crippen LogP contribution in [0.1, 0.15) is 19.2 Å². The number of amides is 1. The van der Waals surface area contributed by atoms with Crippen molar-refractivity contribution in [3.63, 3.8) is 0 Å². The van der Waals surface area contributed by atoms with Crippen molar-refractivity contribution in [1.82, 2.24) is 25.0 Å². The van der Waals surface area contributed by atoms with Crippen molar-refractivity contribution in [2.24, 2.45) is 5.92 Å². The lowest BCUT2D eigenvalue weighted by Gasteiger charge is -2.30. The molecule has 2 aliphatic rings. The molecular weight excluding hydrogens is 258 g/mol. The van der Waals surface area contributed by atoms with Crippen molar-refractivity contribution >= 4 is 5.91 Å². The second-order valence-electron chi connectivity index (χ2n) is 5.40. The van der Waals surface area contributed by atoms with E-state index in [4.69, 9.17) is 4.74 Å². The molecule has 0 spiro atoms. The van der Waals surface area contributed by atoms with E-state index in [-0.39, 0.29) is 17.9 Å². The lowest BCUT2D eigenvalue weighted by atomic mass is 10.0. The van der Waals surface area contributed by atoms with Crippen LogP contribution >= 0.6 is 0 Å². The fraction of sp³-hybridized carbons (Fsp3) is 0.769. The SMILES string of the molecule is CCCNC1COCC1C(=O)N1CCn2cnnc2C1. The number of nitrogens with one attached hydrogen (secondary N) is 1. The third kappa shape index (κ3) is 2.55. The number of carbonyl (C=O) groups excluding carboxylic acids is 1. The Balaban J connectivity index is 1.64. The molecule has 0 aromatic carbocycles. The molecule has 2 unspecified atom stereocenters. The summed E-state index contributed by atoms with van der Waals surface area (Å²) in [4.78, 5) is 14.5. The molecule has 2 atom stereocenters. The minimum atomic E-state index is -0.0731. The number of fused-ring (bicyclic) bond motifs is 1. The van der Waals surface area contributed by atoms with E-state index < -0.39 is 0 Å². The Morgan fingerprint density at radius 3 is 3.25 bits per heavy atom. The molecule has 20 heavy (non-hydrogen) atoms. The van der Waals surface area contributed by atoms with E-state index in [9.17, 15) is 4.79 Å². The lowest BCUT2D eigenvalue weighted by Crippen LogP contribution is -2.48. The van der Waals surface area contributed by atoms with E-state index in [1.165, 1.54) is 0 Å². The number of aromatic nitrogens is 3. The lowest BCUT2D eigenvalue weighted by molar-refractivity contribution is -0.137. The fourth-order valence-corrected chi connectivity index (χ4v) is 2.82. The summed E-state index contributed by atoms with van der Waals surface area (Å²) < 4.78 is 7.49. The van der Waals surface area contributed by atoms with Crippen LogP contribution in [0.25, 0.3) is 0 Å². The molecular formula is C13H21N5O2. The maximum absolute atomic E-state index is 12.7. The third-order valence-electron chi connectivity index (χ3n) is 4.00. The van der Waals surface area contributed by atoms with Crippen LogP contribution in [-0.4, -0.2) is 57.9 Å². The van der Waals surface area contributed by atoms with Crippen LogP contribution in [-0.2, 0) is 22.6 Å². The average molecular weight is 279 g/mol. The molecule has 0 aliphatic carbocycles. The number of nitrogens with zero attached hydrogens (tertiary/aromatic N) is 4. The van der Waals surface area contributed by atoms with Gasteiger partial charge in [-0.2, -0.15) is 0 Å². The van der Waals surface area contributed by atoms with Crippen molar-refractivity contribution in [2.75, 3.05) is 26.3 Å². The van der Waals surface area contributed by atoms with Crippen LogP contribution < -0.4 is 5.32 Å². The molecule has 1 fully saturated rings. The van der Waals surface area contributed by atoms with Gasteiger partial charge in [0.1, 0.15) is 6.33 Å².